The molecule has 6 heterocycles. The number of likely N-dealkylation sites (tertiary alicyclic amines) is 2. The van der Waals surface area contributed by atoms with Crippen molar-refractivity contribution in [2.24, 2.45) is 5.92 Å². The summed E-state index contributed by atoms with van der Waals surface area (Å²) in [6.07, 6.45) is 18.7. The number of benzene rings is 1. The number of amides is 2. The molecule has 4 aliphatic rings. The number of ether oxygens (including phenoxy) is 1. The van der Waals surface area contributed by atoms with Gasteiger partial charge in [-0.05, 0) is 124 Å². The van der Waals surface area contributed by atoms with Crippen LogP contribution in [0, 0.1) is 11.7 Å². The molecule has 4 aromatic rings. The van der Waals surface area contributed by atoms with Gasteiger partial charge in [-0.2, -0.15) is 0 Å². The van der Waals surface area contributed by atoms with Crippen LogP contribution in [0.15, 0.2) is 60.2 Å². The highest BCUT2D eigenvalue weighted by Gasteiger charge is 2.42. The molecule has 2 N–H and O–H groups in total. The van der Waals surface area contributed by atoms with Gasteiger partial charge < -0.3 is 25.2 Å². The average Bonchev–Trinajstić information content (AvgIpc) is 3.89. The molecule has 3 aromatic heterocycles. The van der Waals surface area contributed by atoms with E-state index in [2.05, 4.69) is 38.7 Å². The molecular weight excluding hydrogens is 796 g/mol. The van der Waals surface area contributed by atoms with E-state index in [0.717, 1.165) is 134 Å². The number of hydrogen-bond acceptors (Lipinski definition) is 10. The summed E-state index contributed by atoms with van der Waals surface area (Å²) in [7, 11) is 0. The number of aromatic nitrogens is 2. The van der Waals surface area contributed by atoms with Crippen molar-refractivity contribution in [3.8, 4) is 10.4 Å². The van der Waals surface area contributed by atoms with Crippen molar-refractivity contribution < 1.29 is 23.5 Å². The van der Waals surface area contributed by atoms with Gasteiger partial charge in [-0.15, -0.1) is 22.7 Å². The van der Waals surface area contributed by atoms with Gasteiger partial charge in [0.25, 0.3) is 0 Å². The van der Waals surface area contributed by atoms with E-state index in [9.17, 15) is 18.8 Å². The number of carbonyl (C=O) groups excluding carboxylic acids is 3. The predicted molar refractivity (Wildman–Crippen MR) is 235 cm³/mol. The van der Waals surface area contributed by atoms with E-state index < -0.39 is 11.9 Å². The molecule has 3 aliphatic heterocycles. The van der Waals surface area contributed by atoms with Crippen LogP contribution in [0.2, 0.25) is 0 Å². The minimum Gasteiger partial charge on any atom is -0.370 e. The van der Waals surface area contributed by atoms with Crippen LogP contribution >= 0.6 is 22.7 Å². The second kappa shape index (κ2) is 20.3. The smallest absolute Gasteiger partial charge is 0.246 e. The molecule has 2 atom stereocenters. The van der Waals surface area contributed by atoms with Crippen LogP contribution in [0.5, 0.6) is 0 Å². The van der Waals surface area contributed by atoms with Crippen LogP contribution in [-0.4, -0.2) is 89.3 Å². The molecule has 0 radical (unpaired) electrons. The van der Waals surface area contributed by atoms with Gasteiger partial charge in [-0.1, -0.05) is 38.5 Å². The lowest BCUT2D eigenvalue weighted by Crippen LogP contribution is -2.54. The van der Waals surface area contributed by atoms with Gasteiger partial charge in [0.15, 0.2) is 0 Å². The van der Waals surface area contributed by atoms with Crippen molar-refractivity contribution in [1.29, 1.82) is 0 Å². The quantitative estimate of drug-likeness (QED) is 0.0905. The molecule has 1 saturated carbocycles. The molecular formula is C47H59FN6O4S2. The van der Waals surface area contributed by atoms with Crippen molar-refractivity contribution >= 4 is 40.3 Å². The lowest BCUT2D eigenvalue weighted by atomic mass is 9.82. The number of fused-ring (bicyclic) bond motifs is 2. The van der Waals surface area contributed by atoms with Crippen LogP contribution in [0.1, 0.15) is 127 Å². The van der Waals surface area contributed by atoms with Crippen LogP contribution in [0.25, 0.3) is 10.4 Å². The zero-order valence-electron chi connectivity index (χ0n) is 34.7. The highest BCUT2D eigenvalue weighted by atomic mass is 32.1. The Balaban J connectivity index is 0.794. The number of unbranched alkanes of at least 4 members (excludes halogenated alkanes) is 2. The zero-order valence-corrected chi connectivity index (χ0v) is 36.3. The Labute approximate surface area is 361 Å². The summed E-state index contributed by atoms with van der Waals surface area (Å²) in [5.41, 5.74) is 3.17. The second-order valence-corrected chi connectivity index (χ2v) is 19.1. The Morgan fingerprint density at radius 3 is 2.48 bits per heavy atom. The van der Waals surface area contributed by atoms with Gasteiger partial charge in [0.05, 0.1) is 24.8 Å². The van der Waals surface area contributed by atoms with Crippen molar-refractivity contribution in [2.45, 2.75) is 114 Å². The first kappa shape index (κ1) is 42.8. The van der Waals surface area contributed by atoms with Crippen molar-refractivity contribution in [3.05, 3.63) is 92.8 Å². The molecule has 8 rings (SSSR count). The minimum absolute atomic E-state index is 0.0343. The molecule has 13 heteroatoms. The summed E-state index contributed by atoms with van der Waals surface area (Å²) in [6.45, 7) is 5.49. The number of piperidine rings is 1. The number of halogens is 1. The van der Waals surface area contributed by atoms with E-state index in [0.29, 0.717) is 17.8 Å². The Morgan fingerprint density at radius 1 is 0.917 bits per heavy atom. The lowest BCUT2D eigenvalue weighted by Gasteiger charge is -2.44. The Hall–Kier alpha value is -3.88. The molecule has 2 amide bonds. The Morgan fingerprint density at radius 2 is 1.68 bits per heavy atom. The normalized spacial score (nSPS) is 20.4. The summed E-state index contributed by atoms with van der Waals surface area (Å²) in [5, 5.41) is 9.04. The maximum atomic E-state index is 14.6. The number of pyridine rings is 1. The van der Waals surface area contributed by atoms with E-state index in [1.165, 1.54) is 56.5 Å². The number of ketones is 1. The number of rotatable bonds is 15. The largest absolute Gasteiger partial charge is 0.370 e. The number of nitrogens with one attached hydrogen (secondary N) is 2. The Bertz CT molecular complexity index is 2040. The van der Waals surface area contributed by atoms with Gasteiger partial charge in [0, 0.05) is 59.1 Å². The number of carbonyl (C=O) groups is 3. The molecule has 1 aromatic carbocycles. The van der Waals surface area contributed by atoms with Gasteiger partial charge in [0.1, 0.15) is 22.6 Å². The Kier molecular flexibility index (Phi) is 14.5. The number of thiazole rings is 1. The average molecular weight is 855 g/mol. The van der Waals surface area contributed by atoms with Crippen LogP contribution in [-0.2, 0) is 26.3 Å². The molecule has 10 nitrogen and oxygen atoms in total. The van der Waals surface area contributed by atoms with Gasteiger partial charge in [-0.25, -0.2) is 9.37 Å². The molecule has 2 unspecified atom stereocenters. The fourth-order valence-corrected chi connectivity index (χ4v) is 11.9. The van der Waals surface area contributed by atoms with E-state index in [4.69, 9.17) is 9.72 Å². The van der Waals surface area contributed by atoms with E-state index in [1.807, 2.05) is 28.6 Å². The number of nitrogens with zero attached hydrogens (tertiary/aromatic N) is 4. The van der Waals surface area contributed by atoms with E-state index >= 15 is 0 Å². The first-order valence-corrected chi connectivity index (χ1v) is 24.0. The van der Waals surface area contributed by atoms with Crippen LogP contribution in [0.3, 0.4) is 0 Å². The number of hydrogen-bond donors (Lipinski definition) is 2. The van der Waals surface area contributed by atoms with Crippen LogP contribution < -0.4 is 10.6 Å². The van der Waals surface area contributed by atoms with E-state index in [-0.39, 0.29) is 41.7 Å². The summed E-state index contributed by atoms with van der Waals surface area (Å²) >= 11 is 3.31. The topological polar surface area (TPSA) is 117 Å². The fourth-order valence-electron chi connectivity index (χ4n) is 9.77. The predicted octanol–water partition coefficient (Wildman–Crippen LogP) is 8.47. The SMILES string of the molecule is O=C(CNCCCCCN1CCC2(CC1)OCCc1sc(-c3ccncc3)cc12)NC(C(=O)N1CCCCCC1c1nc(C(=O)c2ccc(F)cc2)cs1)C1CCCCC1. The third-order valence-corrected chi connectivity index (χ3v) is 15.3. The summed E-state index contributed by atoms with van der Waals surface area (Å²) < 4.78 is 20.1. The molecule has 1 aliphatic carbocycles. The first-order chi connectivity index (χ1) is 29.4. The van der Waals surface area contributed by atoms with Gasteiger partial charge >= 0.3 is 0 Å². The lowest BCUT2D eigenvalue weighted by molar-refractivity contribution is -0.140. The third-order valence-electron chi connectivity index (χ3n) is 13.1. The monoisotopic (exact) mass is 854 g/mol. The molecule has 2 saturated heterocycles. The highest BCUT2D eigenvalue weighted by molar-refractivity contribution is 7.15. The fraction of sp³-hybridized carbons (Fsp3) is 0.553. The highest BCUT2D eigenvalue weighted by Crippen LogP contribution is 2.46. The first-order valence-electron chi connectivity index (χ1n) is 22.3. The maximum absolute atomic E-state index is 14.6. The summed E-state index contributed by atoms with van der Waals surface area (Å²) in [4.78, 5) is 57.5. The van der Waals surface area contributed by atoms with Crippen molar-refractivity contribution in [1.82, 2.24) is 30.4 Å². The molecule has 1 spiro atoms. The van der Waals surface area contributed by atoms with Crippen molar-refractivity contribution in [3.63, 3.8) is 0 Å². The van der Waals surface area contributed by atoms with Crippen LogP contribution in [0.4, 0.5) is 4.39 Å². The number of thiophene rings is 1. The maximum Gasteiger partial charge on any atom is 0.246 e. The second-order valence-electron chi connectivity index (χ2n) is 17.1. The molecule has 3 fully saturated rings. The molecule has 60 heavy (non-hydrogen) atoms. The van der Waals surface area contributed by atoms with Gasteiger partial charge in [-0.3, -0.25) is 19.4 Å². The van der Waals surface area contributed by atoms with Gasteiger partial charge in [0.2, 0.25) is 17.6 Å². The third kappa shape index (κ3) is 10.2. The van der Waals surface area contributed by atoms with Crippen molar-refractivity contribution in [2.75, 3.05) is 45.9 Å². The summed E-state index contributed by atoms with van der Waals surface area (Å²) in [6, 6.07) is 11.2. The standard InChI is InChI=1S/C47H59FN6O4S2/c48-36-15-13-35(14-16-36)44(56)38-32-59-45(51-38)39-12-6-2-9-26-54(39)46(57)43(34-10-4-1-5-11-34)52-42(55)31-50-22-7-3-8-25-53-27-20-47(21-28-53)37-30-41(33-17-23-49-24-18-33)60-40(37)19-29-58-47/h13-18,23-24,30,32,34,39,43,50H,1-12,19-22,25-29,31H2,(H,52,55). The minimum atomic E-state index is -0.585. The summed E-state index contributed by atoms with van der Waals surface area (Å²) in [5.74, 6) is -0.736. The molecule has 0 bridgehead atoms. The zero-order chi connectivity index (χ0) is 41.3. The van der Waals surface area contributed by atoms with E-state index in [1.54, 1.807) is 5.38 Å². The molecule has 320 valence electrons.